The lowest BCUT2D eigenvalue weighted by atomic mass is 9.78. The summed E-state index contributed by atoms with van der Waals surface area (Å²) in [5.41, 5.74) is 6.02. The summed E-state index contributed by atoms with van der Waals surface area (Å²) >= 11 is 0. The summed E-state index contributed by atoms with van der Waals surface area (Å²) in [6.07, 6.45) is 0.523. The van der Waals surface area contributed by atoms with E-state index < -0.39 is 53.6 Å². The molecule has 1 saturated carbocycles. The van der Waals surface area contributed by atoms with Crippen molar-refractivity contribution in [1.82, 2.24) is 0 Å². The van der Waals surface area contributed by atoms with Crippen LogP contribution in [0.15, 0.2) is 18.1 Å². The zero-order valence-electron chi connectivity index (χ0n) is 15.3. The van der Waals surface area contributed by atoms with E-state index in [4.69, 9.17) is 16.0 Å². The molecule has 0 heterocycles. The van der Waals surface area contributed by atoms with E-state index in [0.29, 0.717) is 19.3 Å². The molecule has 0 saturated heterocycles. The van der Waals surface area contributed by atoms with Gasteiger partial charge in [-0.05, 0) is 36.9 Å². The molecule has 1 aromatic rings. The summed E-state index contributed by atoms with van der Waals surface area (Å²) in [6.45, 7) is 1.62. The van der Waals surface area contributed by atoms with Crippen molar-refractivity contribution in [3.63, 3.8) is 0 Å². The van der Waals surface area contributed by atoms with Crippen molar-refractivity contribution in [1.29, 1.82) is 0 Å². The summed E-state index contributed by atoms with van der Waals surface area (Å²) in [4.78, 5) is 11.6. The van der Waals surface area contributed by atoms with Crippen LogP contribution in [0.3, 0.4) is 0 Å². The third-order valence-electron chi connectivity index (χ3n) is 3.44. The van der Waals surface area contributed by atoms with E-state index in [0.717, 1.165) is 0 Å². The topological polar surface area (TPSA) is 92.8 Å². The van der Waals surface area contributed by atoms with Gasteiger partial charge in [-0.25, -0.2) is 0 Å². The Bertz CT molecular complexity index is 636. The molecular weight excluding hydrogens is 258 g/mol. The molecule has 5 nitrogen and oxygen atoms in total. The first-order chi connectivity index (χ1) is 11.1. The molecule has 0 radical (unpaired) electrons. The predicted octanol–water partition coefficient (Wildman–Crippen LogP) is 2.01. The first-order valence-electron chi connectivity index (χ1n) is 8.62. The Morgan fingerprint density at radius 1 is 1.50 bits per heavy atom. The molecule has 3 unspecified atom stereocenters. The maximum absolute atomic E-state index is 11.6. The number of carbonyl (C=O) groups is 1. The van der Waals surface area contributed by atoms with Gasteiger partial charge in [-0.2, -0.15) is 0 Å². The smallest absolute Gasteiger partial charge is 0.305 e. The van der Waals surface area contributed by atoms with E-state index >= 15 is 0 Å². The Hall–Kier alpha value is -1.75. The minimum atomic E-state index is -1.80. The molecule has 0 aromatic heterocycles. The van der Waals surface area contributed by atoms with Gasteiger partial charge in [0.15, 0.2) is 11.5 Å². The fourth-order valence-electron chi connectivity index (χ4n) is 2.32. The maximum Gasteiger partial charge on any atom is 0.305 e. The summed E-state index contributed by atoms with van der Waals surface area (Å²) in [6, 6.07) is -3.40. The third kappa shape index (κ3) is 3.04. The predicted molar refractivity (Wildman–Crippen MR) is 74.5 cm³/mol. The molecule has 0 spiro atoms. The second-order valence-corrected chi connectivity index (χ2v) is 4.80. The van der Waals surface area contributed by atoms with Crippen LogP contribution in [-0.2, 0) is 9.53 Å². The number of esters is 1. The van der Waals surface area contributed by atoms with Crippen LogP contribution in [0.1, 0.15) is 49.6 Å². The molecule has 1 aliphatic rings. The van der Waals surface area contributed by atoms with Crippen LogP contribution in [0, 0.1) is 0 Å². The Balaban J connectivity index is 2.50. The van der Waals surface area contributed by atoms with Crippen LogP contribution >= 0.6 is 0 Å². The van der Waals surface area contributed by atoms with Gasteiger partial charge in [0, 0.05) is 18.4 Å². The normalized spacial score (nSPS) is 32.7. The zero-order valence-corrected chi connectivity index (χ0v) is 11.3. The van der Waals surface area contributed by atoms with Gasteiger partial charge in [-0.15, -0.1) is 0 Å². The molecule has 20 heavy (non-hydrogen) atoms. The molecule has 1 aromatic carbocycles. The second-order valence-electron chi connectivity index (χ2n) is 4.80. The van der Waals surface area contributed by atoms with Crippen molar-refractivity contribution in [2.45, 2.75) is 50.6 Å². The van der Waals surface area contributed by atoms with Crippen LogP contribution in [0.5, 0.6) is 11.5 Å². The minimum Gasteiger partial charge on any atom is -0.504 e. The van der Waals surface area contributed by atoms with E-state index in [2.05, 4.69) is 0 Å². The average molecular weight is 283 g/mol. The lowest BCUT2D eigenvalue weighted by Gasteiger charge is -2.35. The molecule has 3 atom stereocenters. The van der Waals surface area contributed by atoms with Crippen molar-refractivity contribution < 1.29 is 25.2 Å². The number of aromatic hydroxyl groups is 2. The molecule has 0 bridgehead atoms. The van der Waals surface area contributed by atoms with E-state index in [1.165, 1.54) is 0 Å². The van der Waals surface area contributed by atoms with Crippen molar-refractivity contribution >= 4 is 5.97 Å². The van der Waals surface area contributed by atoms with Gasteiger partial charge in [-0.1, -0.05) is 13.0 Å². The number of hydrogen-bond acceptors (Lipinski definition) is 5. The Kier molecular flexibility index (Phi) is 3.08. The Labute approximate surface area is 124 Å². The van der Waals surface area contributed by atoms with Gasteiger partial charge < -0.3 is 20.7 Å². The van der Waals surface area contributed by atoms with E-state index in [1.807, 2.05) is 0 Å². The number of benzene rings is 1. The van der Waals surface area contributed by atoms with Gasteiger partial charge in [0.1, 0.15) is 6.10 Å². The highest BCUT2D eigenvalue weighted by Gasteiger charge is 2.34. The van der Waals surface area contributed by atoms with Gasteiger partial charge in [-0.3, -0.25) is 4.79 Å². The molecule has 0 aliphatic heterocycles. The number of phenolic OH excluding ortho intramolecular Hbond substituents is 2. The van der Waals surface area contributed by atoms with Gasteiger partial charge in [0.05, 0.1) is 5.48 Å². The monoisotopic (exact) mass is 283 g/mol. The SMILES string of the molecule is [2H]c1c([2H])c(C2CCCC(OC(=O)CC)C2([2H])N)c([2H])c(O)c1O. The standard InChI is InChI=1S/C15H21NO4/c1-2-14(19)20-13-5-3-4-10(15(13)16)9-6-7-11(17)12(18)8-9/h6-8,10,13,15,17-18H,2-5,16H2,1H3/i6D,7D,8D,15D. The van der Waals surface area contributed by atoms with Crippen molar-refractivity contribution in [2.24, 2.45) is 5.73 Å². The second kappa shape index (κ2) is 6.13. The van der Waals surface area contributed by atoms with Crippen LogP contribution in [0.2, 0.25) is 0 Å². The lowest BCUT2D eigenvalue weighted by Crippen LogP contribution is -2.45. The van der Waals surface area contributed by atoms with Crippen LogP contribution in [0.25, 0.3) is 0 Å². The highest BCUT2D eigenvalue weighted by molar-refractivity contribution is 5.69. The summed E-state index contributed by atoms with van der Waals surface area (Å²) in [5, 5.41) is 19.4. The lowest BCUT2D eigenvalue weighted by molar-refractivity contribution is -0.151. The fourth-order valence-corrected chi connectivity index (χ4v) is 2.32. The fraction of sp³-hybridized carbons (Fsp3) is 0.533. The average Bonchev–Trinajstić information content (AvgIpc) is 2.54. The highest BCUT2D eigenvalue weighted by atomic mass is 16.5. The van der Waals surface area contributed by atoms with Crippen molar-refractivity contribution in [2.75, 3.05) is 0 Å². The molecule has 5 heteroatoms. The number of nitrogens with two attached hydrogens (primary N) is 1. The largest absolute Gasteiger partial charge is 0.504 e. The molecule has 2 rings (SSSR count). The summed E-state index contributed by atoms with van der Waals surface area (Å²) in [5.74, 6) is -3.02. The summed E-state index contributed by atoms with van der Waals surface area (Å²) in [7, 11) is 0. The van der Waals surface area contributed by atoms with E-state index in [1.54, 1.807) is 6.92 Å². The van der Waals surface area contributed by atoms with Crippen molar-refractivity contribution in [3.05, 3.63) is 23.7 Å². The quantitative estimate of drug-likeness (QED) is 0.583. The maximum atomic E-state index is 11.6. The Morgan fingerprint density at radius 3 is 2.95 bits per heavy atom. The molecular formula is C15H21NO4. The number of carbonyl (C=O) groups excluding carboxylic acids is 1. The minimum absolute atomic E-state index is 0.0787. The van der Waals surface area contributed by atoms with Crippen LogP contribution in [0.4, 0.5) is 0 Å². The first kappa shape index (κ1) is 10.0. The molecule has 4 N–H and O–H groups in total. The Morgan fingerprint density at radius 2 is 2.25 bits per heavy atom. The number of phenols is 2. The van der Waals surface area contributed by atoms with Crippen LogP contribution in [-0.4, -0.2) is 28.3 Å². The van der Waals surface area contributed by atoms with Gasteiger partial charge >= 0.3 is 5.97 Å². The molecule has 1 aliphatic carbocycles. The van der Waals surface area contributed by atoms with Crippen molar-refractivity contribution in [3.8, 4) is 11.5 Å². The molecule has 0 amide bonds. The zero-order chi connectivity index (χ0) is 18.2. The number of ether oxygens (including phenoxy) is 1. The first-order valence-corrected chi connectivity index (χ1v) is 6.62. The highest BCUT2D eigenvalue weighted by Crippen LogP contribution is 2.37. The molecule has 110 valence electrons. The summed E-state index contributed by atoms with van der Waals surface area (Å²) < 4.78 is 37.4. The number of hydrogen-bond donors (Lipinski definition) is 3. The third-order valence-corrected chi connectivity index (χ3v) is 3.44. The van der Waals surface area contributed by atoms with Gasteiger partial charge in [0.2, 0.25) is 0 Å². The van der Waals surface area contributed by atoms with Gasteiger partial charge in [0.25, 0.3) is 0 Å². The van der Waals surface area contributed by atoms with E-state index in [-0.39, 0.29) is 12.0 Å². The number of rotatable bonds is 3. The molecule has 1 fully saturated rings. The van der Waals surface area contributed by atoms with Crippen LogP contribution < -0.4 is 5.73 Å². The van der Waals surface area contributed by atoms with E-state index in [9.17, 15) is 15.0 Å².